The molecule has 2 rings (SSSR count). The number of non-ortho nitro benzene ring substituents is 1. The minimum Gasteiger partial charge on any atom is -0.419 e. The summed E-state index contributed by atoms with van der Waals surface area (Å²) in [7, 11) is 1.83. The van der Waals surface area contributed by atoms with Crippen LogP contribution in [-0.2, 0) is 0 Å². The first-order chi connectivity index (χ1) is 9.56. The van der Waals surface area contributed by atoms with E-state index in [1.807, 2.05) is 14.0 Å². The number of nitrogens with zero attached hydrogens (tertiary/aromatic N) is 3. The van der Waals surface area contributed by atoms with Crippen LogP contribution in [0.2, 0.25) is 0 Å². The van der Waals surface area contributed by atoms with Crippen molar-refractivity contribution in [1.29, 1.82) is 0 Å². The molecule has 0 fully saturated rings. The zero-order chi connectivity index (χ0) is 14.7. The van der Waals surface area contributed by atoms with Crippen molar-refractivity contribution >= 4 is 5.69 Å². The van der Waals surface area contributed by atoms with Gasteiger partial charge in [-0.3, -0.25) is 10.1 Å². The van der Waals surface area contributed by atoms with Crippen molar-refractivity contribution in [2.75, 3.05) is 7.05 Å². The van der Waals surface area contributed by atoms with E-state index in [4.69, 9.17) is 4.42 Å². The van der Waals surface area contributed by atoms with Crippen LogP contribution in [0.3, 0.4) is 0 Å². The first kappa shape index (κ1) is 14.1. The molecule has 1 aromatic heterocycles. The highest BCUT2D eigenvalue weighted by atomic mass is 16.6. The van der Waals surface area contributed by atoms with Crippen molar-refractivity contribution < 1.29 is 9.34 Å². The molecule has 0 saturated carbocycles. The monoisotopic (exact) mass is 276 g/mol. The third-order valence-corrected chi connectivity index (χ3v) is 3.15. The molecule has 7 nitrogen and oxygen atoms in total. The second-order valence-corrected chi connectivity index (χ2v) is 4.45. The molecule has 0 saturated heterocycles. The number of nitrogens with one attached hydrogen (secondary N) is 1. The summed E-state index contributed by atoms with van der Waals surface area (Å²) >= 11 is 0. The Morgan fingerprint density at radius 2 is 2.20 bits per heavy atom. The Bertz CT molecular complexity index is 620. The van der Waals surface area contributed by atoms with E-state index < -0.39 is 4.92 Å². The number of nitro groups is 1. The normalized spacial score (nSPS) is 12.3. The maximum Gasteiger partial charge on any atom is 0.269 e. The van der Waals surface area contributed by atoms with Crippen molar-refractivity contribution in [3.8, 4) is 11.5 Å². The van der Waals surface area contributed by atoms with Crippen LogP contribution in [0.1, 0.15) is 30.8 Å². The van der Waals surface area contributed by atoms with Gasteiger partial charge >= 0.3 is 0 Å². The first-order valence-electron chi connectivity index (χ1n) is 6.32. The highest BCUT2D eigenvalue weighted by Crippen LogP contribution is 2.27. The molecule has 0 aliphatic carbocycles. The van der Waals surface area contributed by atoms with Crippen LogP contribution >= 0.6 is 0 Å². The Balaban J connectivity index is 2.35. The number of benzene rings is 1. The number of aromatic nitrogens is 2. The zero-order valence-corrected chi connectivity index (χ0v) is 11.6. The van der Waals surface area contributed by atoms with E-state index in [2.05, 4.69) is 15.5 Å². The standard InChI is InChI=1S/C13H16N4O3/c1-4-11(14-3)13-16-15-12(20-13)10-6-5-9(17(18)19)7-8(10)2/h5-7,11,14H,4H2,1-3H3. The third kappa shape index (κ3) is 2.67. The number of hydrogen-bond donors (Lipinski definition) is 1. The molecule has 1 heterocycles. The zero-order valence-electron chi connectivity index (χ0n) is 11.6. The number of hydrogen-bond acceptors (Lipinski definition) is 6. The van der Waals surface area contributed by atoms with Crippen molar-refractivity contribution in [3.63, 3.8) is 0 Å². The maximum absolute atomic E-state index is 10.7. The third-order valence-electron chi connectivity index (χ3n) is 3.15. The lowest BCUT2D eigenvalue weighted by molar-refractivity contribution is -0.384. The van der Waals surface area contributed by atoms with Gasteiger partial charge in [0.1, 0.15) is 0 Å². The van der Waals surface area contributed by atoms with E-state index in [1.54, 1.807) is 13.0 Å². The van der Waals surface area contributed by atoms with Crippen LogP contribution in [0.25, 0.3) is 11.5 Å². The predicted molar refractivity (Wildman–Crippen MR) is 73.2 cm³/mol. The molecule has 1 atom stereocenters. The van der Waals surface area contributed by atoms with Gasteiger partial charge < -0.3 is 9.73 Å². The fraction of sp³-hybridized carbons (Fsp3) is 0.385. The lowest BCUT2D eigenvalue weighted by Gasteiger charge is -2.07. The fourth-order valence-corrected chi connectivity index (χ4v) is 1.99. The van der Waals surface area contributed by atoms with Gasteiger partial charge in [0.25, 0.3) is 5.69 Å². The van der Waals surface area contributed by atoms with E-state index >= 15 is 0 Å². The molecule has 106 valence electrons. The molecule has 0 aliphatic rings. The van der Waals surface area contributed by atoms with Crippen LogP contribution in [0.5, 0.6) is 0 Å². The summed E-state index contributed by atoms with van der Waals surface area (Å²) in [5.41, 5.74) is 1.49. The Kier molecular flexibility index (Phi) is 4.09. The number of aryl methyl sites for hydroxylation is 1. The van der Waals surface area contributed by atoms with Crippen LogP contribution in [-0.4, -0.2) is 22.2 Å². The van der Waals surface area contributed by atoms with Crippen molar-refractivity contribution in [2.45, 2.75) is 26.3 Å². The average Bonchev–Trinajstić information content (AvgIpc) is 2.89. The quantitative estimate of drug-likeness (QED) is 0.666. The van der Waals surface area contributed by atoms with Gasteiger partial charge in [-0.2, -0.15) is 0 Å². The minimum absolute atomic E-state index is 0.00889. The molecular weight excluding hydrogens is 260 g/mol. The minimum atomic E-state index is -0.426. The topological polar surface area (TPSA) is 94.1 Å². The predicted octanol–water partition coefficient (Wildman–Crippen LogP) is 2.62. The first-order valence-corrected chi connectivity index (χ1v) is 6.32. The summed E-state index contributed by atoms with van der Waals surface area (Å²) in [6.45, 7) is 3.80. The van der Waals surface area contributed by atoms with E-state index in [9.17, 15) is 10.1 Å². The van der Waals surface area contributed by atoms with Crippen LogP contribution in [0.4, 0.5) is 5.69 Å². The van der Waals surface area contributed by atoms with Gasteiger partial charge in [0.2, 0.25) is 11.8 Å². The molecule has 0 spiro atoms. The molecule has 0 bridgehead atoms. The largest absolute Gasteiger partial charge is 0.419 e. The van der Waals surface area contributed by atoms with Crippen molar-refractivity contribution in [2.24, 2.45) is 0 Å². The van der Waals surface area contributed by atoms with Crippen LogP contribution in [0, 0.1) is 17.0 Å². The molecular formula is C13H16N4O3. The van der Waals surface area contributed by atoms with Crippen LogP contribution < -0.4 is 5.32 Å². The van der Waals surface area contributed by atoms with Gasteiger partial charge in [0.05, 0.1) is 11.0 Å². The Hall–Kier alpha value is -2.28. The second-order valence-electron chi connectivity index (χ2n) is 4.45. The Morgan fingerprint density at radius 1 is 1.45 bits per heavy atom. The van der Waals surface area contributed by atoms with Gasteiger partial charge in [-0.1, -0.05) is 6.92 Å². The molecule has 20 heavy (non-hydrogen) atoms. The number of nitro benzene ring substituents is 1. The summed E-state index contributed by atoms with van der Waals surface area (Å²) in [5, 5.41) is 21.8. The summed E-state index contributed by atoms with van der Waals surface area (Å²) < 4.78 is 5.64. The maximum atomic E-state index is 10.7. The molecule has 0 amide bonds. The molecule has 0 aliphatic heterocycles. The summed E-state index contributed by atoms with van der Waals surface area (Å²) in [4.78, 5) is 10.3. The average molecular weight is 276 g/mol. The van der Waals surface area contributed by atoms with E-state index in [0.717, 1.165) is 12.0 Å². The van der Waals surface area contributed by atoms with E-state index in [1.165, 1.54) is 12.1 Å². The lowest BCUT2D eigenvalue weighted by atomic mass is 10.1. The molecule has 1 aromatic carbocycles. The highest BCUT2D eigenvalue weighted by Gasteiger charge is 2.18. The van der Waals surface area contributed by atoms with Gasteiger partial charge in [0.15, 0.2) is 0 Å². The van der Waals surface area contributed by atoms with Gasteiger partial charge in [-0.05, 0) is 32.0 Å². The van der Waals surface area contributed by atoms with E-state index in [0.29, 0.717) is 17.3 Å². The van der Waals surface area contributed by atoms with E-state index in [-0.39, 0.29) is 11.7 Å². The summed E-state index contributed by atoms with van der Waals surface area (Å²) in [6, 6.07) is 4.57. The summed E-state index contributed by atoms with van der Waals surface area (Å²) in [6.07, 6.45) is 0.831. The van der Waals surface area contributed by atoms with Gasteiger partial charge in [0, 0.05) is 17.7 Å². The molecule has 7 heteroatoms. The summed E-state index contributed by atoms with van der Waals surface area (Å²) in [5.74, 6) is 0.892. The Morgan fingerprint density at radius 3 is 2.75 bits per heavy atom. The smallest absolute Gasteiger partial charge is 0.269 e. The molecule has 1 N–H and O–H groups in total. The number of rotatable bonds is 5. The fourth-order valence-electron chi connectivity index (χ4n) is 1.99. The van der Waals surface area contributed by atoms with Gasteiger partial charge in [-0.15, -0.1) is 10.2 Å². The SMILES string of the molecule is CCC(NC)c1nnc(-c2ccc([N+](=O)[O-])cc2C)o1. The van der Waals surface area contributed by atoms with Crippen molar-refractivity contribution in [1.82, 2.24) is 15.5 Å². The lowest BCUT2D eigenvalue weighted by Crippen LogP contribution is -2.15. The van der Waals surface area contributed by atoms with Crippen molar-refractivity contribution in [3.05, 3.63) is 39.8 Å². The second kappa shape index (κ2) is 5.79. The molecule has 0 radical (unpaired) electrons. The molecule has 1 unspecified atom stereocenters. The van der Waals surface area contributed by atoms with Gasteiger partial charge in [-0.25, -0.2) is 0 Å². The molecule has 2 aromatic rings. The Labute approximate surface area is 116 Å². The van der Waals surface area contributed by atoms with Crippen LogP contribution in [0.15, 0.2) is 22.6 Å². The highest BCUT2D eigenvalue weighted by molar-refractivity contribution is 5.60.